The van der Waals surface area contributed by atoms with Crippen molar-refractivity contribution in [1.82, 2.24) is 10.2 Å². The first-order chi connectivity index (χ1) is 19.4. The number of nitrogen functional groups attached to an aromatic ring is 1. The normalized spacial score (nSPS) is 14.2. The molecule has 1 heterocycles. The summed E-state index contributed by atoms with van der Waals surface area (Å²) in [4.78, 5) is 26.7. The second-order valence-corrected chi connectivity index (χ2v) is 9.53. The first-order valence-corrected chi connectivity index (χ1v) is 13.4. The molecule has 40 heavy (non-hydrogen) atoms. The van der Waals surface area contributed by atoms with E-state index in [2.05, 4.69) is 15.5 Å². The van der Waals surface area contributed by atoms with Gasteiger partial charge in [-0.2, -0.15) is 0 Å². The Morgan fingerprint density at radius 3 is 2.40 bits per heavy atom. The molecule has 4 N–H and O–H groups in total. The maximum absolute atomic E-state index is 13.2. The van der Waals surface area contributed by atoms with Gasteiger partial charge in [0.1, 0.15) is 11.8 Å². The van der Waals surface area contributed by atoms with Gasteiger partial charge in [-0.15, -0.1) is 0 Å². The van der Waals surface area contributed by atoms with Crippen LogP contribution in [0.4, 0.5) is 11.4 Å². The summed E-state index contributed by atoms with van der Waals surface area (Å²) in [5, 5.41) is 6.39. The Morgan fingerprint density at radius 2 is 1.77 bits per heavy atom. The number of nitrogens with one attached hydrogen (secondary N) is 2. The van der Waals surface area contributed by atoms with Crippen LogP contribution in [-0.4, -0.2) is 63.1 Å². The number of hydrogen-bond donors (Lipinski definition) is 3. The van der Waals surface area contributed by atoms with E-state index in [1.807, 2.05) is 73.7 Å². The molecule has 1 saturated heterocycles. The number of anilines is 2. The fourth-order valence-corrected chi connectivity index (χ4v) is 4.07. The van der Waals surface area contributed by atoms with E-state index >= 15 is 0 Å². The number of nitrogens with zero attached hydrogens (tertiary/aromatic N) is 1. The van der Waals surface area contributed by atoms with Gasteiger partial charge in [-0.05, 0) is 54.8 Å². The van der Waals surface area contributed by atoms with Crippen LogP contribution in [0.15, 0.2) is 78.9 Å². The number of aryl methyl sites for hydroxylation is 1. The third kappa shape index (κ3) is 10.3. The summed E-state index contributed by atoms with van der Waals surface area (Å²) in [7, 11) is 1.60. The zero-order chi connectivity index (χ0) is 28.7. The Kier molecular flexibility index (Phi) is 12.4. The topological polar surface area (TPSA) is 106 Å². The molecule has 1 fully saturated rings. The van der Waals surface area contributed by atoms with Crippen molar-refractivity contribution in [2.24, 2.45) is 0 Å². The highest BCUT2D eigenvalue weighted by Crippen LogP contribution is 2.21. The zero-order valence-electron chi connectivity index (χ0n) is 23.6. The molecule has 0 saturated carbocycles. The van der Waals surface area contributed by atoms with E-state index in [9.17, 15) is 9.59 Å². The van der Waals surface area contributed by atoms with E-state index in [1.54, 1.807) is 19.3 Å². The van der Waals surface area contributed by atoms with Gasteiger partial charge in [-0.3, -0.25) is 14.5 Å². The molecular formula is C32H40N4O4. The number of ether oxygens (including phenoxy) is 2. The van der Waals surface area contributed by atoms with Crippen molar-refractivity contribution >= 4 is 29.1 Å². The molecule has 8 nitrogen and oxygen atoms in total. The van der Waals surface area contributed by atoms with Gasteiger partial charge in [0.05, 0.1) is 20.3 Å². The van der Waals surface area contributed by atoms with Crippen LogP contribution in [0, 0.1) is 6.92 Å². The van der Waals surface area contributed by atoms with Crippen LogP contribution in [0.3, 0.4) is 0 Å². The molecule has 212 valence electrons. The monoisotopic (exact) mass is 544 g/mol. The van der Waals surface area contributed by atoms with Crippen molar-refractivity contribution < 1.29 is 19.1 Å². The third-order valence-corrected chi connectivity index (χ3v) is 6.45. The SMILES string of the molecule is COc1cccc(NC(=O)C(NCCN2CCOCC2)c2ccc(/C=C/C(C)=O)cc2)c1.Cc1ccccc1N. The molecule has 3 aromatic carbocycles. The second-order valence-electron chi connectivity index (χ2n) is 9.53. The molecule has 0 spiro atoms. The van der Waals surface area contributed by atoms with Gasteiger partial charge in [0.15, 0.2) is 5.78 Å². The number of rotatable bonds is 10. The van der Waals surface area contributed by atoms with Crippen LogP contribution in [0.25, 0.3) is 6.08 Å². The number of carbonyl (C=O) groups is 2. The first-order valence-electron chi connectivity index (χ1n) is 13.4. The number of morpholine rings is 1. The minimum atomic E-state index is -0.520. The number of allylic oxidation sites excluding steroid dienone is 1. The largest absolute Gasteiger partial charge is 0.497 e. The molecule has 0 bridgehead atoms. The van der Waals surface area contributed by atoms with Gasteiger partial charge < -0.3 is 25.8 Å². The molecule has 0 aromatic heterocycles. The summed E-state index contributed by atoms with van der Waals surface area (Å²) in [6.45, 7) is 8.31. The van der Waals surface area contributed by atoms with Crippen LogP contribution in [0.5, 0.6) is 5.75 Å². The average Bonchev–Trinajstić information content (AvgIpc) is 2.97. The highest BCUT2D eigenvalue weighted by atomic mass is 16.5. The standard InChI is InChI=1S/C25H31N3O4.C7H9N/c1-19(29)6-7-20-8-10-21(11-9-20)24(26-12-13-28-14-16-32-17-15-28)25(30)27-22-4-3-5-23(18-22)31-2;1-6-4-2-3-5-7(6)8/h3-11,18,24,26H,12-17H2,1-2H3,(H,27,30);2-5H,8H2,1H3/b7-6+;. The Labute approximate surface area is 237 Å². The number of amides is 1. The Bertz CT molecular complexity index is 1230. The lowest BCUT2D eigenvalue weighted by Crippen LogP contribution is -2.42. The number of hydrogen-bond acceptors (Lipinski definition) is 7. The highest BCUT2D eigenvalue weighted by molar-refractivity contribution is 5.96. The zero-order valence-corrected chi connectivity index (χ0v) is 23.6. The Balaban J connectivity index is 0.000000472. The fourth-order valence-electron chi connectivity index (χ4n) is 4.07. The van der Waals surface area contributed by atoms with E-state index in [-0.39, 0.29) is 11.7 Å². The summed E-state index contributed by atoms with van der Waals surface area (Å²) >= 11 is 0. The lowest BCUT2D eigenvalue weighted by atomic mass is 10.0. The highest BCUT2D eigenvalue weighted by Gasteiger charge is 2.21. The van der Waals surface area contributed by atoms with Crippen LogP contribution in [0.1, 0.15) is 29.7 Å². The van der Waals surface area contributed by atoms with E-state index in [1.165, 1.54) is 13.0 Å². The van der Waals surface area contributed by atoms with Gasteiger partial charge in [0.2, 0.25) is 5.91 Å². The molecule has 1 amide bonds. The van der Waals surface area contributed by atoms with Gasteiger partial charge >= 0.3 is 0 Å². The lowest BCUT2D eigenvalue weighted by molar-refractivity contribution is -0.118. The van der Waals surface area contributed by atoms with E-state index in [4.69, 9.17) is 15.2 Å². The molecule has 8 heteroatoms. The molecule has 1 aliphatic heterocycles. The number of carbonyl (C=O) groups excluding carboxylic acids is 2. The predicted octanol–water partition coefficient (Wildman–Crippen LogP) is 4.48. The maximum atomic E-state index is 13.2. The van der Waals surface area contributed by atoms with Gasteiger partial charge in [0.25, 0.3) is 0 Å². The number of nitrogens with two attached hydrogens (primary N) is 1. The van der Waals surface area contributed by atoms with Gasteiger partial charge in [0, 0.05) is 43.6 Å². The molecule has 1 unspecified atom stereocenters. The maximum Gasteiger partial charge on any atom is 0.246 e. The first kappa shape index (κ1) is 30.6. The average molecular weight is 545 g/mol. The van der Waals surface area contributed by atoms with Crippen molar-refractivity contribution in [3.63, 3.8) is 0 Å². The molecule has 4 rings (SSSR count). The predicted molar refractivity (Wildman–Crippen MR) is 161 cm³/mol. The van der Waals surface area contributed by atoms with Crippen LogP contribution < -0.4 is 21.1 Å². The van der Waals surface area contributed by atoms with E-state index < -0.39 is 6.04 Å². The van der Waals surface area contributed by atoms with Crippen molar-refractivity contribution in [1.29, 1.82) is 0 Å². The molecule has 1 aliphatic rings. The summed E-state index contributed by atoms with van der Waals surface area (Å²) in [5.74, 6) is 0.530. The minimum Gasteiger partial charge on any atom is -0.497 e. The number of para-hydroxylation sites is 1. The quantitative estimate of drug-likeness (QED) is 0.255. The van der Waals surface area contributed by atoms with Crippen molar-refractivity contribution in [3.8, 4) is 5.75 Å². The third-order valence-electron chi connectivity index (χ3n) is 6.45. The van der Waals surface area contributed by atoms with Crippen LogP contribution in [-0.2, 0) is 14.3 Å². The summed E-state index contributed by atoms with van der Waals surface area (Å²) in [6, 6.07) is 22.2. The molecule has 1 atom stereocenters. The van der Waals surface area contributed by atoms with Crippen LogP contribution >= 0.6 is 0 Å². The summed E-state index contributed by atoms with van der Waals surface area (Å²) in [5.41, 5.74) is 9.97. The summed E-state index contributed by atoms with van der Waals surface area (Å²) in [6.07, 6.45) is 3.30. The number of benzene rings is 3. The Hall–Kier alpha value is -3.98. The smallest absolute Gasteiger partial charge is 0.246 e. The van der Waals surface area contributed by atoms with Crippen molar-refractivity contribution in [2.75, 3.05) is 57.6 Å². The fraction of sp³-hybridized carbons (Fsp3) is 0.312. The van der Waals surface area contributed by atoms with Crippen LogP contribution in [0.2, 0.25) is 0 Å². The molecule has 3 aromatic rings. The second kappa shape index (κ2) is 16.2. The Morgan fingerprint density at radius 1 is 1.05 bits per heavy atom. The van der Waals surface area contributed by atoms with E-state index in [0.717, 1.165) is 55.2 Å². The molecule has 0 radical (unpaired) electrons. The van der Waals surface area contributed by atoms with Crippen molar-refractivity contribution in [3.05, 3.63) is 95.6 Å². The van der Waals surface area contributed by atoms with E-state index in [0.29, 0.717) is 18.0 Å². The minimum absolute atomic E-state index is 0.00519. The molecular weight excluding hydrogens is 504 g/mol. The van der Waals surface area contributed by atoms with Crippen molar-refractivity contribution in [2.45, 2.75) is 19.9 Å². The number of methoxy groups -OCH3 is 1. The lowest BCUT2D eigenvalue weighted by Gasteiger charge is -2.27. The van der Waals surface area contributed by atoms with Gasteiger partial charge in [-0.25, -0.2) is 0 Å². The summed E-state index contributed by atoms with van der Waals surface area (Å²) < 4.78 is 10.7. The number of ketones is 1. The molecule has 0 aliphatic carbocycles. The van der Waals surface area contributed by atoms with Gasteiger partial charge in [-0.1, -0.05) is 54.6 Å².